The van der Waals surface area contributed by atoms with Crippen LogP contribution in [0.15, 0.2) is 30.6 Å². The van der Waals surface area contributed by atoms with Gasteiger partial charge in [-0.15, -0.1) is 16.4 Å². The van der Waals surface area contributed by atoms with Gasteiger partial charge in [-0.3, -0.25) is 0 Å². The Labute approximate surface area is 141 Å². The van der Waals surface area contributed by atoms with Crippen LogP contribution < -0.4 is 4.74 Å². The molecule has 5 nitrogen and oxygen atoms in total. The minimum Gasteiger partial charge on any atom is -0.484 e. The highest BCUT2D eigenvalue weighted by molar-refractivity contribution is 7.18. The van der Waals surface area contributed by atoms with Crippen LogP contribution >= 0.6 is 22.9 Å². The van der Waals surface area contributed by atoms with E-state index >= 15 is 0 Å². The van der Waals surface area contributed by atoms with Crippen molar-refractivity contribution in [3.8, 4) is 5.75 Å². The maximum Gasteiger partial charge on any atom is 0.189 e. The molecule has 0 amide bonds. The van der Waals surface area contributed by atoms with Gasteiger partial charge in [0.15, 0.2) is 11.5 Å². The molecule has 4 aromatic rings. The van der Waals surface area contributed by atoms with E-state index in [0.717, 1.165) is 15.9 Å². The zero-order valence-electron chi connectivity index (χ0n) is 12.6. The van der Waals surface area contributed by atoms with Crippen LogP contribution in [0.2, 0.25) is 5.02 Å². The van der Waals surface area contributed by atoms with Crippen molar-refractivity contribution in [3.05, 3.63) is 51.9 Å². The maximum atomic E-state index is 6.09. The number of ether oxygens (including phenoxy) is 1. The van der Waals surface area contributed by atoms with Crippen molar-refractivity contribution < 1.29 is 4.74 Å². The molecule has 3 aromatic heterocycles. The standard InChI is InChI=1S/C16H13ClN4OS/c1-9-10(2)23-16-14(9)15-19-13(20-21(15)8-18-16)7-22-12-6-4-3-5-11(12)17/h3-6,8H,7H2,1-2H3. The molecular formula is C16H13ClN4OS. The number of aromatic nitrogens is 4. The average molecular weight is 345 g/mol. The minimum absolute atomic E-state index is 0.259. The smallest absolute Gasteiger partial charge is 0.189 e. The zero-order valence-corrected chi connectivity index (χ0v) is 14.1. The summed E-state index contributed by atoms with van der Waals surface area (Å²) in [6.07, 6.45) is 1.69. The van der Waals surface area contributed by atoms with Crippen LogP contribution in [0.5, 0.6) is 5.75 Å². The van der Waals surface area contributed by atoms with Gasteiger partial charge in [-0.05, 0) is 31.5 Å². The summed E-state index contributed by atoms with van der Waals surface area (Å²) in [5, 5.41) is 6.07. The first-order valence-electron chi connectivity index (χ1n) is 7.11. The zero-order chi connectivity index (χ0) is 16.0. The molecule has 0 fully saturated rings. The molecule has 0 N–H and O–H groups in total. The average Bonchev–Trinajstić information content (AvgIpc) is 3.07. The van der Waals surface area contributed by atoms with E-state index in [9.17, 15) is 0 Å². The Hall–Kier alpha value is -2.18. The van der Waals surface area contributed by atoms with Gasteiger partial charge in [0.1, 0.15) is 23.5 Å². The number of thiophene rings is 1. The number of hydrogen-bond acceptors (Lipinski definition) is 5. The molecule has 0 unspecified atom stereocenters. The van der Waals surface area contributed by atoms with E-state index in [0.29, 0.717) is 16.6 Å². The molecule has 0 saturated heterocycles. The number of hydrogen-bond donors (Lipinski definition) is 0. The first-order valence-corrected chi connectivity index (χ1v) is 8.30. The molecule has 0 aliphatic heterocycles. The van der Waals surface area contributed by atoms with Crippen molar-refractivity contribution in [2.75, 3.05) is 0 Å². The monoisotopic (exact) mass is 344 g/mol. The lowest BCUT2D eigenvalue weighted by Crippen LogP contribution is -1.98. The third-order valence-electron chi connectivity index (χ3n) is 3.74. The minimum atomic E-state index is 0.259. The molecule has 0 aliphatic rings. The summed E-state index contributed by atoms with van der Waals surface area (Å²) in [5.74, 6) is 1.22. The highest BCUT2D eigenvalue weighted by Gasteiger charge is 2.14. The lowest BCUT2D eigenvalue weighted by molar-refractivity contribution is 0.296. The predicted octanol–water partition coefficient (Wildman–Crippen LogP) is 4.19. The molecule has 0 aliphatic carbocycles. The second kappa shape index (κ2) is 5.47. The Morgan fingerprint density at radius 1 is 1.26 bits per heavy atom. The molecule has 3 heterocycles. The number of para-hydroxylation sites is 1. The summed E-state index contributed by atoms with van der Waals surface area (Å²) in [6, 6.07) is 7.36. The van der Waals surface area contributed by atoms with Crippen molar-refractivity contribution in [3.63, 3.8) is 0 Å². The SMILES string of the molecule is Cc1sc2ncn3nc(COc4ccccc4Cl)nc3c2c1C. The van der Waals surface area contributed by atoms with Crippen LogP contribution in [-0.2, 0) is 6.61 Å². The summed E-state index contributed by atoms with van der Waals surface area (Å²) in [5.41, 5.74) is 2.02. The Morgan fingerprint density at radius 2 is 2.09 bits per heavy atom. The summed E-state index contributed by atoms with van der Waals surface area (Å²) in [4.78, 5) is 11.3. The van der Waals surface area contributed by atoms with Gasteiger partial charge in [-0.1, -0.05) is 23.7 Å². The van der Waals surface area contributed by atoms with Crippen LogP contribution in [0.25, 0.3) is 15.9 Å². The molecule has 0 radical (unpaired) electrons. The van der Waals surface area contributed by atoms with E-state index in [4.69, 9.17) is 16.3 Å². The van der Waals surface area contributed by atoms with E-state index < -0.39 is 0 Å². The molecule has 0 atom stereocenters. The topological polar surface area (TPSA) is 52.3 Å². The summed E-state index contributed by atoms with van der Waals surface area (Å²) in [7, 11) is 0. The molecule has 7 heteroatoms. The number of benzene rings is 1. The van der Waals surface area contributed by atoms with Gasteiger partial charge < -0.3 is 4.74 Å². The first kappa shape index (κ1) is 14.4. The lowest BCUT2D eigenvalue weighted by atomic mass is 10.2. The molecular weight excluding hydrogens is 332 g/mol. The second-order valence-corrected chi connectivity index (χ2v) is 6.83. The highest BCUT2D eigenvalue weighted by Crippen LogP contribution is 2.31. The van der Waals surface area contributed by atoms with Crippen molar-refractivity contribution >= 4 is 38.8 Å². The fourth-order valence-corrected chi connectivity index (χ4v) is 3.64. The van der Waals surface area contributed by atoms with Gasteiger partial charge in [0.2, 0.25) is 0 Å². The fourth-order valence-electron chi connectivity index (χ4n) is 2.45. The van der Waals surface area contributed by atoms with Crippen molar-refractivity contribution in [1.29, 1.82) is 0 Å². The van der Waals surface area contributed by atoms with E-state index in [1.807, 2.05) is 18.2 Å². The first-order chi connectivity index (χ1) is 11.1. The fraction of sp³-hybridized carbons (Fsp3) is 0.188. The summed E-state index contributed by atoms with van der Waals surface area (Å²) in [6.45, 7) is 4.44. The molecule has 0 saturated carbocycles. The third kappa shape index (κ3) is 2.44. The van der Waals surface area contributed by atoms with Gasteiger partial charge in [0.05, 0.1) is 10.4 Å². The second-order valence-electron chi connectivity index (χ2n) is 5.22. The molecule has 23 heavy (non-hydrogen) atoms. The van der Waals surface area contributed by atoms with E-state index in [2.05, 4.69) is 28.9 Å². The Kier molecular flexibility index (Phi) is 3.43. The molecule has 116 valence electrons. The summed E-state index contributed by atoms with van der Waals surface area (Å²) >= 11 is 7.77. The van der Waals surface area contributed by atoms with Gasteiger partial charge in [-0.25, -0.2) is 14.5 Å². The van der Waals surface area contributed by atoms with E-state index in [1.165, 1.54) is 10.4 Å². The van der Waals surface area contributed by atoms with Crippen molar-refractivity contribution in [2.24, 2.45) is 0 Å². The summed E-state index contributed by atoms with van der Waals surface area (Å²) < 4.78 is 7.41. The molecule has 4 rings (SSSR count). The largest absolute Gasteiger partial charge is 0.484 e. The third-order valence-corrected chi connectivity index (χ3v) is 5.17. The Balaban J connectivity index is 1.72. The van der Waals surface area contributed by atoms with E-state index in [1.54, 1.807) is 28.2 Å². The highest BCUT2D eigenvalue weighted by atomic mass is 35.5. The van der Waals surface area contributed by atoms with Gasteiger partial charge in [0, 0.05) is 4.88 Å². The maximum absolute atomic E-state index is 6.09. The van der Waals surface area contributed by atoms with E-state index in [-0.39, 0.29) is 6.61 Å². The quantitative estimate of drug-likeness (QED) is 0.559. The number of rotatable bonds is 3. The van der Waals surface area contributed by atoms with Crippen LogP contribution in [-0.4, -0.2) is 19.6 Å². The van der Waals surface area contributed by atoms with Gasteiger partial charge >= 0.3 is 0 Å². The Morgan fingerprint density at radius 3 is 2.91 bits per heavy atom. The van der Waals surface area contributed by atoms with Gasteiger partial charge in [-0.2, -0.15) is 0 Å². The van der Waals surface area contributed by atoms with Crippen LogP contribution in [0.1, 0.15) is 16.3 Å². The van der Waals surface area contributed by atoms with Crippen LogP contribution in [0.4, 0.5) is 0 Å². The Bertz CT molecular complexity index is 1020. The van der Waals surface area contributed by atoms with Gasteiger partial charge in [0.25, 0.3) is 0 Å². The molecule has 0 spiro atoms. The van der Waals surface area contributed by atoms with Crippen LogP contribution in [0.3, 0.4) is 0 Å². The number of nitrogens with zero attached hydrogens (tertiary/aromatic N) is 4. The predicted molar refractivity (Wildman–Crippen MR) is 91.4 cm³/mol. The number of fused-ring (bicyclic) bond motifs is 3. The van der Waals surface area contributed by atoms with Crippen LogP contribution in [0, 0.1) is 13.8 Å². The normalized spacial score (nSPS) is 11.4. The number of aryl methyl sites for hydroxylation is 2. The van der Waals surface area contributed by atoms with Crippen molar-refractivity contribution in [2.45, 2.75) is 20.5 Å². The number of halogens is 1. The molecule has 1 aromatic carbocycles. The van der Waals surface area contributed by atoms with Crippen molar-refractivity contribution in [1.82, 2.24) is 19.6 Å². The lowest BCUT2D eigenvalue weighted by Gasteiger charge is -2.04. The molecule has 0 bridgehead atoms.